The van der Waals surface area contributed by atoms with Gasteiger partial charge in [0.05, 0.1) is 18.7 Å². The van der Waals surface area contributed by atoms with Crippen molar-refractivity contribution in [3.05, 3.63) is 56.8 Å². The lowest BCUT2D eigenvalue weighted by Gasteiger charge is -2.16. The minimum absolute atomic E-state index is 0.0642. The molecule has 6 heteroatoms. The predicted octanol–water partition coefficient (Wildman–Crippen LogP) is 4.32. The van der Waals surface area contributed by atoms with Crippen LogP contribution in [0.15, 0.2) is 34.8 Å². The molecule has 2 rings (SSSR count). The van der Waals surface area contributed by atoms with E-state index in [-0.39, 0.29) is 23.8 Å². The molecule has 0 heterocycles. The van der Waals surface area contributed by atoms with Crippen LogP contribution in [0.5, 0.6) is 11.5 Å². The highest BCUT2D eigenvalue weighted by molar-refractivity contribution is 9.10. The lowest BCUT2D eigenvalue weighted by atomic mass is 10.2. The Kier molecular flexibility index (Phi) is 5.45. The largest absolute Gasteiger partial charge is 0.493 e. The minimum Gasteiger partial charge on any atom is -0.493 e. The molecule has 0 aromatic heterocycles. The van der Waals surface area contributed by atoms with Crippen LogP contribution in [0.4, 0.5) is 4.39 Å². The van der Waals surface area contributed by atoms with Gasteiger partial charge in [-0.05, 0) is 24.3 Å². The molecule has 0 aliphatic heterocycles. The lowest BCUT2D eigenvalue weighted by molar-refractivity contribution is 0.247. The van der Waals surface area contributed by atoms with Gasteiger partial charge in [0.1, 0.15) is 12.4 Å². The van der Waals surface area contributed by atoms with Crippen LogP contribution < -0.4 is 9.47 Å². The van der Waals surface area contributed by atoms with Crippen LogP contribution in [-0.2, 0) is 13.2 Å². The fraction of sp³-hybridized carbons (Fsp3) is 0.200. The van der Waals surface area contributed by atoms with Crippen molar-refractivity contribution in [1.29, 1.82) is 0 Å². The second-order valence-corrected chi connectivity index (χ2v) is 5.47. The number of benzene rings is 2. The van der Waals surface area contributed by atoms with Crippen LogP contribution in [0, 0.1) is 5.82 Å². The van der Waals surface area contributed by atoms with E-state index in [0.29, 0.717) is 21.5 Å². The summed E-state index contributed by atoms with van der Waals surface area (Å²) >= 11 is 9.29. The van der Waals surface area contributed by atoms with Gasteiger partial charge in [0.25, 0.3) is 0 Å². The molecule has 2 aromatic carbocycles. The van der Waals surface area contributed by atoms with Gasteiger partial charge < -0.3 is 14.6 Å². The molecular formula is C15H13BrClFO3. The van der Waals surface area contributed by atoms with E-state index < -0.39 is 5.82 Å². The van der Waals surface area contributed by atoms with E-state index in [1.54, 1.807) is 18.2 Å². The summed E-state index contributed by atoms with van der Waals surface area (Å²) in [5.41, 5.74) is 0.784. The van der Waals surface area contributed by atoms with Crippen molar-refractivity contribution in [2.75, 3.05) is 7.11 Å². The topological polar surface area (TPSA) is 38.7 Å². The molecule has 0 unspecified atom stereocenters. The molecule has 0 radical (unpaired) electrons. The first-order chi connectivity index (χ1) is 10.1. The maximum absolute atomic E-state index is 13.7. The molecule has 0 amide bonds. The lowest BCUT2D eigenvalue weighted by Crippen LogP contribution is -2.04. The summed E-state index contributed by atoms with van der Waals surface area (Å²) in [5, 5.41) is 9.75. The number of methoxy groups -OCH3 is 1. The highest BCUT2D eigenvalue weighted by Gasteiger charge is 2.16. The molecule has 1 N–H and O–H groups in total. The van der Waals surface area contributed by atoms with Crippen molar-refractivity contribution in [1.82, 2.24) is 0 Å². The fourth-order valence-corrected chi connectivity index (χ4v) is 2.52. The molecule has 0 saturated heterocycles. The summed E-state index contributed by atoms with van der Waals surface area (Å²) in [5.74, 6) is 0.366. The van der Waals surface area contributed by atoms with Gasteiger partial charge in [-0.1, -0.05) is 33.6 Å². The van der Waals surface area contributed by atoms with Crippen molar-refractivity contribution >= 4 is 27.5 Å². The summed E-state index contributed by atoms with van der Waals surface area (Å²) in [7, 11) is 1.49. The van der Waals surface area contributed by atoms with E-state index in [4.69, 9.17) is 21.1 Å². The SMILES string of the molecule is COc1ccc(Br)c(CO)c1OCc1c(F)cccc1Cl. The predicted molar refractivity (Wildman–Crippen MR) is 82.4 cm³/mol. The zero-order chi connectivity index (χ0) is 15.4. The van der Waals surface area contributed by atoms with Gasteiger partial charge in [-0.3, -0.25) is 0 Å². The highest BCUT2D eigenvalue weighted by Crippen LogP contribution is 2.37. The van der Waals surface area contributed by atoms with Crippen molar-refractivity contribution in [3.63, 3.8) is 0 Å². The van der Waals surface area contributed by atoms with Crippen molar-refractivity contribution in [3.8, 4) is 11.5 Å². The average molecular weight is 376 g/mol. The zero-order valence-corrected chi connectivity index (χ0v) is 13.5. The second-order valence-electron chi connectivity index (χ2n) is 4.20. The Bertz CT molecular complexity index is 629. The Balaban J connectivity index is 2.33. The molecule has 0 bridgehead atoms. The van der Waals surface area contributed by atoms with Crippen LogP contribution in [-0.4, -0.2) is 12.2 Å². The van der Waals surface area contributed by atoms with Crippen LogP contribution in [0.1, 0.15) is 11.1 Å². The quantitative estimate of drug-likeness (QED) is 0.846. The van der Waals surface area contributed by atoms with E-state index in [0.717, 1.165) is 0 Å². The Morgan fingerprint density at radius 2 is 2.00 bits per heavy atom. The van der Waals surface area contributed by atoms with Gasteiger partial charge in [0, 0.05) is 15.6 Å². The number of hydrogen-bond acceptors (Lipinski definition) is 3. The van der Waals surface area contributed by atoms with Crippen LogP contribution in [0.25, 0.3) is 0 Å². The molecule has 21 heavy (non-hydrogen) atoms. The molecular weight excluding hydrogens is 363 g/mol. The summed E-state index contributed by atoms with van der Waals surface area (Å²) in [6.45, 7) is -0.302. The maximum atomic E-state index is 13.7. The average Bonchev–Trinajstić information content (AvgIpc) is 2.47. The first kappa shape index (κ1) is 16.1. The highest BCUT2D eigenvalue weighted by atomic mass is 79.9. The van der Waals surface area contributed by atoms with E-state index in [1.807, 2.05) is 0 Å². The number of hydrogen-bond donors (Lipinski definition) is 1. The third-order valence-corrected chi connectivity index (χ3v) is 4.06. The van der Waals surface area contributed by atoms with Gasteiger partial charge in [0.2, 0.25) is 0 Å². The number of rotatable bonds is 5. The fourth-order valence-electron chi connectivity index (χ4n) is 1.86. The zero-order valence-electron chi connectivity index (χ0n) is 11.2. The minimum atomic E-state index is -0.443. The summed E-state index contributed by atoms with van der Waals surface area (Å²) in [4.78, 5) is 0. The molecule has 3 nitrogen and oxygen atoms in total. The Morgan fingerprint density at radius 1 is 1.24 bits per heavy atom. The van der Waals surface area contributed by atoms with Crippen LogP contribution in [0.3, 0.4) is 0 Å². The van der Waals surface area contributed by atoms with Crippen molar-refractivity contribution < 1.29 is 19.0 Å². The molecule has 0 spiro atoms. The molecule has 0 atom stereocenters. The summed E-state index contributed by atoms with van der Waals surface area (Å²) in [6.07, 6.45) is 0. The monoisotopic (exact) mass is 374 g/mol. The van der Waals surface area contributed by atoms with Gasteiger partial charge in [0.15, 0.2) is 11.5 Å². The second kappa shape index (κ2) is 7.11. The number of halogens is 3. The molecule has 0 aliphatic carbocycles. The Morgan fingerprint density at radius 3 is 2.62 bits per heavy atom. The Hall–Kier alpha value is -1.30. The number of aliphatic hydroxyl groups excluding tert-OH is 1. The molecule has 112 valence electrons. The van der Waals surface area contributed by atoms with Crippen LogP contribution >= 0.6 is 27.5 Å². The maximum Gasteiger partial charge on any atom is 0.168 e. The first-order valence-electron chi connectivity index (χ1n) is 6.10. The van der Waals surface area contributed by atoms with Gasteiger partial charge >= 0.3 is 0 Å². The summed E-state index contributed by atoms with van der Waals surface area (Å²) < 4.78 is 25.3. The van der Waals surface area contributed by atoms with Crippen molar-refractivity contribution in [2.45, 2.75) is 13.2 Å². The van der Waals surface area contributed by atoms with Gasteiger partial charge in [-0.2, -0.15) is 0 Å². The van der Waals surface area contributed by atoms with Gasteiger partial charge in [-0.25, -0.2) is 4.39 Å². The van der Waals surface area contributed by atoms with E-state index in [9.17, 15) is 9.50 Å². The molecule has 0 fully saturated rings. The molecule has 2 aromatic rings. The van der Waals surface area contributed by atoms with E-state index in [2.05, 4.69) is 15.9 Å². The third-order valence-electron chi connectivity index (χ3n) is 2.97. The Labute approximate surface area is 135 Å². The molecule has 0 aliphatic rings. The van der Waals surface area contributed by atoms with E-state index in [1.165, 1.54) is 19.2 Å². The number of ether oxygens (including phenoxy) is 2. The van der Waals surface area contributed by atoms with Gasteiger partial charge in [-0.15, -0.1) is 0 Å². The summed E-state index contributed by atoms with van der Waals surface area (Å²) in [6, 6.07) is 7.87. The normalized spacial score (nSPS) is 10.5. The standard InChI is InChI=1S/C15H13BrClFO3/c1-20-14-6-5-11(16)9(7-19)15(14)21-8-10-12(17)3-2-4-13(10)18/h2-6,19H,7-8H2,1H3. The smallest absolute Gasteiger partial charge is 0.168 e. The first-order valence-corrected chi connectivity index (χ1v) is 7.27. The number of aliphatic hydroxyl groups is 1. The van der Waals surface area contributed by atoms with E-state index >= 15 is 0 Å². The van der Waals surface area contributed by atoms with Crippen molar-refractivity contribution in [2.24, 2.45) is 0 Å². The molecule has 0 saturated carbocycles. The van der Waals surface area contributed by atoms with Crippen LogP contribution in [0.2, 0.25) is 5.02 Å². The third kappa shape index (κ3) is 3.48.